The number of benzene rings is 2. The van der Waals surface area contributed by atoms with Gasteiger partial charge in [0.15, 0.2) is 5.11 Å². The van der Waals surface area contributed by atoms with Gasteiger partial charge in [-0.05, 0) is 62.0 Å². The maximum Gasteiger partial charge on any atom is 0.339 e. The van der Waals surface area contributed by atoms with E-state index in [0.29, 0.717) is 16.4 Å². The van der Waals surface area contributed by atoms with Gasteiger partial charge in [0.25, 0.3) is 0 Å². The molecule has 1 atom stereocenters. The molecule has 0 spiro atoms. The van der Waals surface area contributed by atoms with Gasteiger partial charge in [-0.3, -0.25) is 0 Å². The molecule has 0 saturated heterocycles. The average molecular weight is 381 g/mol. The van der Waals surface area contributed by atoms with Crippen molar-refractivity contribution in [3.8, 4) is 0 Å². The average Bonchev–Trinajstić information content (AvgIpc) is 2.55. The summed E-state index contributed by atoms with van der Waals surface area (Å²) in [6, 6.07) is 11.0. The molecule has 0 fully saturated rings. The summed E-state index contributed by atoms with van der Waals surface area (Å²) in [5.74, 6) is -0.752. The molecule has 25 heavy (non-hydrogen) atoms. The Hall–Kier alpha value is -2.18. The van der Waals surface area contributed by atoms with Crippen LogP contribution in [0.3, 0.4) is 0 Å². The molecular formula is C18H18ClFN2O2S. The lowest BCUT2D eigenvalue weighted by atomic mass is 10.1. The van der Waals surface area contributed by atoms with Crippen LogP contribution in [0.15, 0.2) is 42.5 Å². The third kappa shape index (κ3) is 5.41. The van der Waals surface area contributed by atoms with Crippen LogP contribution in [0.2, 0.25) is 5.02 Å². The Kier molecular flexibility index (Phi) is 6.73. The summed E-state index contributed by atoms with van der Waals surface area (Å²) < 4.78 is 17.9. The zero-order chi connectivity index (χ0) is 18.4. The number of ether oxygens (including phenoxy) is 1. The van der Waals surface area contributed by atoms with Crippen LogP contribution in [0.5, 0.6) is 0 Å². The predicted molar refractivity (Wildman–Crippen MR) is 102 cm³/mol. The second-order valence-corrected chi connectivity index (χ2v) is 6.10. The van der Waals surface area contributed by atoms with Crippen molar-refractivity contribution >= 4 is 40.6 Å². The van der Waals surface area contributed by atoms with Crippen LogP contribution >= 0.6 is 23.8 Å². The highest BCUT2D eigenvalue weighted by atomic mass is 35.5. The molecule has 7 heteroatoms. The largest absolute Gasteiger partial charge is 0.462 e. The molecule has 0 saturated carbocycles. The van der Waals surface area contributed by atoms with Gasteiger partial charge in [-0.1, -0.05) is 23.7 Å². The molecule has 0 heterocycles. The Balaban J connectivity index is 1.99. The van der Waals surface area contributed by atoms with E-state index in [1.54, 1.807) is 37.3 Å². The van der Waals surface area contributed by atoms with Gasteiger partial charge >= 0.3 is 5.97 Å². The standard InChI is InChI=1S/C18H18ClFN2O2S/c1-3-24-17(23)15-9-8-14(10-16(15)19)22-18(25)21-11(2)12-4-6-13(20)7-5-12/h4-11H,3H2,1-2H3,(H2,21,22,25)/t11-/m0/s1. The molecular weight excluding hydrogens is 363 g/mol. The van der Waals surface area contributed by atoms with Gasteiger partial charge in [-0.15, -0.1) is 0 Å². The molecule has 0 aliphatic heterocycles. The monoisotopic (exact) mass is 380 g/mol. The van der Waals surface area contributed by atoms with E-state index in [4.69, 9.17) is 28.6 Å². The van der Waals surface area contributed by atoms with E-state index in [0.717, 1.165) is 5.56 Å². The van der Waals surface area contributed by atoms with Crippen LogP contribution in [0.4, 0.5) is 10.1 Å². The van der Waals surface area contributed by atoms with E-state index in [2.05, 4.69) is 10.6 Å². The Morgan fingerprint density at radius 1 is 1.28 bits per heavy atom. The number of hydrogen-bond acceptors (Lipinski definition) is 3. The quantitative estimate of drug-likeness (QED) is 0.581. The summed E-state index contributed by atoms with van der Waals surface area (Å²) in [5.41, 5.74) is 1.84. The molecule has 0 aromatic heterocycles. The van der Waals surface area contributed by atoms with Crippen molar-refractivity contribution in [3.05, 3.63) is 64.4 Å². The molecule has 0 radical (unpaired) electrons. The topological polar surface area (TPSA) is 50.4 Å². The third-order valence-electron chi connectivity index (χ3n) is 3.44. The van der Waals surface area contributed by atoms with Crippen LogP contribution in [0, 0.1) is 5.82 Å². The van der Waals surface area contributed by atoms with Crippen molar-refractivity contribution in [2.75, 3.05) is 11.9 Å². The van der Waals surface area contributed by atoms with Crippen LogP contribution in [0.25, 0.3) is 0 Å². The fourth-order valence-electron chi connectivity index (χ4n) is 2.17. The van der Waals surface area contributed by atoms with Crippen LogP contribution in [-0.2, 0) is 4.74 Å². The van der Waals surface area contributed by atoms with Crippen molar-refractivity contribution in [2.45, 2.75) is 19.9 Å². The first kappa shape index (κ1) is 19.1. The Morgan fingerprint density at radius 3 is 2.56 bits per heavy atom. The summed E-state index contributed by atoms with van der Waals surface area (Å²) in [4.78, 5) is 11.7. The summed E-state index contributed by atoms with van der Waals surface area (Å²) >= 11 is 11.4. The van der Waals surface area contributed by atoms with Crippen molar-refractivity contribution in [1.29, 1.82) is 0 Å². The lowest BCUT2D eigenvalue weighted by molar-refractivity contribution is 0.0526. The highest BCUT2D eigenvalue weighted by molar-refractivity contribution is 7.80. The highest BCUT2D eigenvalue weighted by Gasteiger charge is 2.13. The van der Waals surface area contributed by atoms with E-state index in [9.17, 15) is 9.18 Å². The summed E-state index contributed by atoms with van der Waals surface area (Å²) in [6.45, 7) is 3.93. The third-order valence-corrected chi connectivity index (χ3v) is 3.97. The molecule has 4 nitrogen and oxygen atoms in total. The number of hydrogen-bond donors (Lipinski definition) is 2. The fourth-order valence-corrected chi connectivity index (χ4v) is 2.72. The second kappa shape index (κ2) is 8.78. The predicted octanol–water partition coefficient (Wildman–Crippen LogP) is 4.70. The number of nitrogens with one attached hydrogen (secondary N) is 2. The van der Waals surface area contributed by atoms with Gasteiger partial charge in [-0.25, -0.2) is 9.18 Å². The molecule has 0 aliphatic rings. The summed E-state index contributed by atoms with van der Waals surface area (Å²) in [7, 11) is 0. The molecule has 2 rings (SSSR count). The van der Waals surface area contributed by atoms with Crippen molar-refractivity contribution < 1.29 is 13.9 Å². The maximum atomic E-state index is 13.0. The number of anilines is 1. The van der Waals surface area contributed by atoms with E-state index in [1.807, 2.05) is 6.92 Å². The van der Waals surface area contributed by atoms with Gasteiger partial charge in [0.05, 0.1) is 23.2 Å². The molecule has 2 aromatic carbocycles. The second-order valence-electron chi connectivity index (χ2n) is 5.29. The number of esters is 1. The van der Waals surface area contributed by atoms with Gasteiger partial charge in [0, 0.05) is 5.69 Å². The molecule has 2 aromatic rings. The van der Waals surface area contributed by atoms with E-state index >= 15 is 0 Å². The molecule has 0 amide bonds. The smallest absolute Gasteiger partial charge is 0.339 e. The lowest BCUT2D eigenvalue weighted by Crippen LogP contribution is -2.30. The Morgan fingerprint density at radius 2 is 1.96 bits per heavy atom. The molecule has 0 bridgehead atoms. The van der Waals surface area contributed by atoms with Gasteiger partial charge in [0.1, 0.15) is 5.82 Å². The molecule has 2 N–H and O–H groups in total. The molecule has 132 valence electrons. The van der Waals surface area contributed by atoms with Crippen molar-refractivity contribution in [2.24, 2.45) is 0 Å². The van der Waals surface area contributed by atoms with E-state index in [-0.39, 0.29) is 23.5 Å². The first-order chi connectivity index (χ1) is 11.9. The fraction of sp³-hybridized carbons (Fsp3) is 0.222. The minimum atomic E-state index is -0.468. The van der Waals surface area contributed by atoms with Gasteiger partial charge in [0.2, 0.25) is 0 Å². The number of halogens is 2. The van der Waals surface area contributed by atoms with Crippen LogP contribution in [0.1, 0.15) is 35.8 Å². The summed E-state index contributed by atoms with van der Waals surface area (Å²) in [5, 5.41) is 6.77. The maximum absolute atomic E-state index is 13.0. The van der Waals surface area contributed by atoms with E-state index < -0.39 is 5.97 Å². The first-order valence-corrected chi connectivity index (χ1v) is 8.49. The van der Waals surface area contributed by atoms with Gasteiger partial charge in [-0.2, -0.15) is 0 Å². The SMILES string of the molecule is CCOC(=O)c1ccc(NC(=S)N[C@@H](C)c2ccc(F)cc2)cc1Cl. The zero-order valence-corrected chi connectivity index (χ0v) is 15.4. The normalized spacial score (nSPS) is 11.5. The number of rotatable bonds is 5. The van der Waals surface area contributed by atoms with Crippen molar-refractivity contribution in [3.63, 3.8) is 0 Å². The summed E-state index contributed by atoms with van der Waals surface area (Å²) in [6.07, 6.45) is 0. The van der Waals surface area contributed by atoms with E-state index in [1.165, 1.54) is 12.1 Å². The first-order valence-electron chi connectivity index (χ1n) is 7.70. The lowest BCUT2D eigenvalue weighted by Gasteiger charge is -2.17. The Labute approximate surface area is 156 Å². The minimum absolute atomic E-state index is 0.102. The number of carbonyl (C=O) groups is 1. The zero-order valence-electron chi connectivity index (χ0n) is 13.8. The van der Waals surface area contributed by atoms with Crippen LogP contribution < -0.4 is 10.6 Å². The van der Waals surface area contributed by atoms with Crippen LogP contribution in [-0.4, -0.2) is 17.7 Å². The molecule has 0 aliphatic carbocycles. The van der Waals surface area contributed by atoms with Crippen molar-refractivity contribution in [1.82, 2.24) is 5.32 Å². The van der Waals surface area contributed by atoms with Gasteiger partial charge < -0.3 is 15.4 Å². The Bertz CT molecular complexity index is 768. The highest BCUT2D eigenvalue weighted by Crippen LogP contribution is 2.22. The minimum Gasteiger partial charge on any atom is -0.462 e. The molecule has 0 unspecified atom stereocenters. The number of carbonyl (C=O) groups excluding carboxylic acids is 1. The number of thiocarbonyl (C=S) groups is 1.